The van der Waals surface area contributed by atoms with E-state index in [-0.39, 0.29) is 10.6 Å². The van der Waals surface area contributed by atoms with Gasteiger partial charge in [-0.1, -0.05) is 43.0 Å². The third kappa shape index (κ3) is 6.56. The Kier molecular flexibility index (Phi) is 9.64. The highest BCUT2D eigenvalue weighted by Crippen LogP contribution is 2.39. The van der Waals surface area contributed by atoms with Crippen LogP contribution in [0.1, 0.15) is 30.4 Å². The summed E-state index contributed by atoms with van der Waals surface area (Å²) in [7, 11) is -2.07. The SMILES string of the molecule is C=C(N)C1(S(=O)(=O)c2ccc(OCCCc3cccc(-c4ccc(C#N)cc4)c3)cc2)CCN(CCOC)CC1. The van der Waals surface area contributed by atoms with Crippen molar-refractivity contribution in [1.29, 1.82) is 5.26 Å². The molecule has 8 heteroatoms. The molecule has 3 aromatic rings. The van der Waals surface area contributed by atoms with Gasteiger partial charge in [0.1, 0.15) is 10.5 Å². The lowest BCUT2D eigenvalue weighted by molar-refractivity contribution is 0.128. The maximum Gasteiger partial charge on any atom is 0.189 e. The Bertz CT molecular complexity index is 1440. The molecule has 0 radical (unpaired) electrons. The van der Waals surface area contributed by atoms with Gasteiger partial charge in [0.2, 0.25) is 0 Å². The van der Waals surface area contributed by atoms with Crippen LogP contribution in [0.4, 0.5) is 0 Å². The summed E-state index contributed by atoms with van der Waals surface area (Å²) >= 11 is 0. The molecule has 0 spiro atoms. The lowest BCUT2D eigenvalue weighted by Crippen LogP contribution is -2.52. The molecule has 7 nitrogen and oxygen atoms in total. The van der Waals surface area contributed by atoms with Crippen molar-refractivity contribution in [3.63, 3.8) is 0 Å². The summed E-state index contributed by atoms with van der Waals surface area (Å²) in [5, 5.41) is 9.01. The zero-order valence-corrected chi connectivity index (χ0v) is 23.8. The molecular formula is C32H37N3O4S. The maximum absolute atomic E-state index is 13.7. The molecule has 2 N–H and O–H groups in total. The molecule has 210 valence electrons. The Morgan fingerprint density at radius 1 is 1.02 bits per heavy atom. The number of hydrogen-bond donors (Lipinski definition) is 1. The molecule has 1 fully saturated rings. The smallest absolute Gasteiger partial charge is 0.189 e. The van der Waals surface area contributed by atoms with Crippen LogP contribution in [0.2, 0.25) is 0 Å². The van der Waals surface area contributed by atoms with E-state index in [1.807, 2.05) is 30.3 Å². The normalized spacial score (nSPS) is 15.3. The van der Waals surface area contributed by atoms with Crippen LogP contribution in [0.25, 0.3) is 11.1 Å². The maximum atomic E-state index is 13.7. The van der Waals surface area contributed by atoms with E-state index in [0.717, 1.165) is 30.5 Å². The van der Waals surface area contributed by atoms with Crippen LogP contribution < -0.4 is 10.5 Å². The van der Waals surface area contributed by atoms with Gasteiger partial charge in [0.05, 0.1) is 29.7 Å². The van der Waals surface area contributed by atoms with E-state index >= 15 is 0 Å². The lowest BCUT2D eigenvalue weighted by Gasteiger charge is -2.41. The standard InChI is InChI=1S/C32H37N3O4S/c1-25(34)32(16-18-35(19-17-32)20-22-38-2)40(36,37)31-14-12-30(13-15-31)39-21-4-6-26-5-3-7-29(23-26)28-10-8-27(24-33)9-11-28/h3,5,7-15,23H,1,4,6,16-22,34H2,2H3. The van der Waals surface area contributed by atoms with Gasteiger partial charge >= 0.3 is 0 Å². The van der Waals surface area contributed by atoms with Gasteiger partial charge in [0, 0.05) is 32.4 Å². The molecule has 0 aliphatic carbocycles. The highest BCUT2D eigenvalue weighted by Gasteiger charge is 2.48. The second-order valence-electron chi connectivity index (χ2n) is 10.2. The minimum absolute atomic E-state index is 0.197. The lowest BCUT2D eigenvalue weighted by atomic mass is 9.93. The topological polar surface area (TPSA) is 106 Å². The van der Waals surface area contributed by atoms with Crippen LogP contribution in [0.3, 0.4) is 0 Å². The number of hydrogen-bond acceptors (Lipinski definition) is 7. The fraction of sp³-hybridized carbons (Fsp3) is 0.344. The van der Waals surface area contributed by atoms with Gasteiger partial charge in [0.15, 0.2) is 9.84 Å². The Balaban J connectivity index is 1.33. The summed E-state index contributed by atoms with van der Waals surface area (Å²) < 4.78 is 37.3. The van der Waals surface area contributed by atoms with Crippen molar-refractivity contribution in [2.45, 2.75) is 35.3 Å². The summed E-state index contributed by atoms with van der Waals surface area (Å²) in [6, 6.07) is 24.7. The predicted octanol–water partition coefficient (Wildman–Crippen LogP) is 4.96. The number of piperidine rings is 1. The molecule has 1 heterocycles. The number of ether oxygens (including phenoxy) is 2. The van der Waals surface area contributed by atoms with Gasteiger partial charge in [-0.15, -0.1) is 0 Å². The van der Waals surface area contributed by atoms with Crippen LogP contribution in [0.15, 0.2) is 90.0 Å². The average molecular weight is 560 g/mol. The largest absolute Gasteiger partial charge is 0.494 e. The van der Waals surface area contributed by atoms with E-state index < -0.39 is 14.6 Å². The quantitative estimate of drug-likeness (QED) is 0.313. The van der Waals surface area contributed by atoms with Crippen molar-refractivity contribution >= 4 is 9.84 Å². The first-order chi connectivity index (χ1) is 19.3. The summed E-state index contributed by atoms with van der Waals surface area (Å²) in [5.74, 6) is 0.625. The minimum Gasteiger partial charge on any atom is -0.494 e. The number of sulfone groups is 1. The molecule has 0 aromatic heterocycles. The monoisotopic (exact) mass is 559 g/mol. The van der Waals surface area contributed by atoms with E-state index in [4.69, 9.17) is 20.5 Å². The molecule has 0 atom stereocenters. The number of benzene rings is 3. The molecule has 0 unspecified atom stereocenters. The van der Waals surface area contributed by atoms with Crippen molar-refractivity contribution in [1.82, 2.24) is 4.90 Å². The van der Waals surface area contributed by atoms with E-state index in [1.165, 1.54) is 5.56 Å². The summed E-state index contributed by atoms with van der Waals surface area (Å²) in [6.07, 6.45) is 2.46. The number of nitriles is 1. The Labute approximate surface area is 237 Å². The summed E-state index contributed by atoms with van der Waals surface area (Å²) in [6.45, 7) is 6.99. The first kappa shape index (κ1) is 29.3. The van der Waals surface area contributed by atoms with Crippen molar-refractivity contribution in [2.75, 3.05) is 40.0 Å². The Morgan fingerprint density at radius 2 is 1.73 bits per heavy atom. The molecule has 0 saturated carbocycles. The molecular weight excluding hydrogens is 522 g/mol. The molecule has 1 aliphatic rings. The average Bonchev–Trinajstić information content (AvgIpc) is 2.98. The molecule has 0 amide bonds. The first-order valence-electron chi connectivity index (χ1n) is 13.5. The third-order valence-corrected chi connectivity index (χ3v) is 10.3. The van der Waals surface area contributed by atoms with Gasteiger partial charge in [-0.25, -0.2) is 8.42 Å². The first-order valence-corrected chi connectivity index (χ1v) is 15.0. The van der Waals surface area contributed by atoms with E-state index in [9.17, 15) is 8.42 Å². The molecule has 1 saturated heterocycles. The van der Waals surface area contributed by atoms with Crippen molar-refractivity contribution in [2.24, 2.45) is 5.73 Å². The van der Waals surface area contributed by atoms with Gasteiger partial charge in [-0.2, -0.15) is 5.26 Å². The Hall–Kier alpha value is -3.64. The fourth-order valence-corrected chi connectivity index (χ4v) is 7.18. The van der Waals surface area contributed by atoms with Gasteiger partial charge < -0.3 is 20.1 Å². The highest BCUT2D eigenvalue weighted by atomic mass is 32.2. The second-order valence-corrected chi connectivity index (χ2v) is 12.4. The molecule has 40 heavy (non-hydrogen) atoms. The van der Waals surface area contributed by atoms with Crippen LogP contribution in [0.5, 0.6) is 5.75 Å². The number of likely N-dealkylation sites (tertiary alicyclic amines) is 1. The number of nitrogens with two attached hydrogens (primary N) is 1. The van der Waals surface area contributed by atoms with Crippen molar-refractivity contribution < 1.29 is 17.9 Å². The van der Waals surface area contributed by atoms with Gasteiger partial charge in [0.25, 0.3) is 0 Å². The van der Waals surface area contributed by atoms with Gasteiger partial charge in [-0.3, -0.25) is 0 Å². The van der Waals surface area contributed by atoms with Crippen LogP contribution in [-0.2, 0) is 21.0 Å². The van der Waals surface area contributed by atoms with Crippen LogP contribution in [-0.4, -0.2) is 58.0 Å². The summed E-state index contributed by atoms with van der Waals surface area (Å²) in [5.41, 5.74) is 10.4. The van der Waals surface area contributed by atoms with Crippen molar-refractivity contribution in [3.8, 4) is 22.9 Å². The molecule has 0 bridgehead atoms. The van der Waals surface area contributed by atoms with E-state index in [0.29, 0.717) is 50.5 Å². The van der Waals surface area contributed by atoms with E-state index in [1.54, 1.807) is 31.4 Å². The molecule has 4 rings (SSSR count). The predicted molar refractivity (Wildman–Crippen MR) is 158 cm³/mol. The van der Waals surface area contributed by atoms with E-state index in [2.05, 4.69) is 35.7 Å². The van der Waals surface area contributed by atoms with Crippen LogP contribution >= 0.6 is 0 Å². The fourth-order valence-electron chi connectivity index (χ4n) is 5.17. The summed E-state index contributed by atoms with van der Waals surface area (Å²) in [4.78, 5) is 2.43. The number of aryl methyl sites for hydroxylation is 1. The number of nitrogens with zero attached hydrogens (tertiary/aromatic N) is 2. The van der Waals surface area contributed by atoms with Crippen molar-refractivity contribution in [3.05, 3.63) is 96.2 Å². The third-order valence-electron chi connectivity index (χ3n) is 7.66. The highest BCUT2D eigenvalue weighted by molar-refractivity contribution is 7.93. The number of rotatable bonds is 12. The molecule has 1 aliphatic heterocycles. The zero-order chi connectivity index (χ0) is 28.6. The minimum atomic E-state index is -3.73. The number of methoxy groups -OCH3 is 1. The zero-order valence-electron chi connectivity index (χ0n) is 23.0. The second kappa shape index (κ2) is 13.1. The van der Waals surface area contributed by atoms with Crippen LogP contribution in [0, 0.1) is 11.3 Å². The molecule has 3 aromatic carbocycles. The Morgan fingerprint density at radius 3 is 2.35 bits per heavy atom. The van der Waals surface area contributed by atoms with Gasteiger partial charge in [-0.05, 0) is 78.8 Å².